The van der Waals surface area contributed by atoms with E-state index in [9.17, 15) is 0 Å². The number of hydrogen-bond donors (Lipinski definition) is 0. The zero-order valence-electron chi connectivity index (χ0n) is 13.3. The molecule has 3 rings (SSSR count). The van der Waals surface area contributed by atoms with Crippen LogP contribution in [0.2, 0.25) is 0 Å². The normalized spacial score (nSPS) is 14.6. The molecule has 0 aliphatic carbocycles. The first kappa shape index (κ1) is 14.0. The van der Waals surface area contributed by atoms with Crippen molar-refractivity contribution in [2.75, 3.05) is 11.6 Å². The lowest BCUT2D eigenvalue weighted by Crippen LogP contribution is -2.32. The number of hydrogen-bond acceptors (Lipinski definition) is 2. The predicted octanol–water partition coefficient (Wildman–Crippen LogP) is 4.65. The summed E-state index contributed by atoms with van der Waals surface area (Å²) in [6, 6.07) is 15.2. The molecular formula is C19H23NO. The lowest BCUT2D eigenvalue weighted by atomic mass is 9.86. The Hall–Kier alpha value is -1.96. The minimum absolute atomic E-state index is 0.168. The molecule has 0 radical (unpaired) electrons. The number of rotatable bonds is 1. The average Bonchev–Trinajstić information content (AvgIpc) is 2.46. The summed E-state index contributed by atoms with van der Waals surface area (Å²) < 4.78 is 5.91. The average molecular weight is 281 g/mol. The predicted molar refractivity (Wildman–Crippen MR) is 88.0 cm³/mol. The summed E-state index contributed by atoms with van der Waals surface area (Å²) in [5.74, 6) is 1.02. The maximum absolute atomic E-state index is 5.91. The summed E-state index contributed by atoms with van der Waals surface area (Å²) in [5.41, 5.74) is 5.30. The van der Waals surface area contributed by atoms with Gasteiger partial charge in [-0.05, 0) is 42.2 Å². The molecule has 21 heavy (non-hydrogen) atoms. The molecule has 1 aliphatic heterocycles. The fourth-order valence-corrected chi connectivity index (χ4v) is 2.63. The minimum Gasteiger partial charge on any atom is -0.473 e. The number of fused-ring (bicyclic) bond motifs is 1. The quantitative estimate of drug-likeness (QED) is 0.754. The topological polar surface area (TPSA) is 12.5 Å². The second-order valence-electron chi connectivity index (χ2n) is 6.88. The van der Waals surface area contributed by atoms with Gasteiger partial charge >= 0.3 is 0 Å². The highest BCUT2D eigenvalue weighted by Gasteiger charge is 2.21. The van der Waals surface area contributed by atoms with E-state index in [1.165, 1.54) is 22.4 Å². The van der Waals surface area contributed by atoms with Crippen LogP contribution in [0.1, 0.15) is 37.5 Å². The van der Waals surface area contributed by atoms with E-state index in [4.69, 9.17) is 4.74 Å². The van der Waals surface area contributed by atoms with Gasteiger partial charge in [-0.15, -0.1) is 0 Å². The molecule has 0 amide bonds. The van der Waals surface area contributed by atoms with Gasteiger partial charge in [-0.2, -0.15) is 0 Å². The van der Waals surface area contributed by atoms with Gasteiger partial charge in [0.15, 0.2) is 6.73 Å². The van der Waals surface area contributed by atoms with Gasteiger partial charge < -0.3 is 9.64 Å². The van der Waals surface area contributed by atoms with Gasteiger partial charge in [-0.3, -0.25) is 0 Å². The molecule has 1 aliphatic rings. The fourth-order valence-electron chi connectivity index (χ4n) is 2.63. The molecule has 0 N–H and O–H groups in total. The van der Waals surface area contributed by atoms with Crippen LogP contribution < -0.4 is 9.64 Å². The van der Waals surface area contributed by atoms with Crippen LogP contribution in [0.5, 0.6) is 5.75 Å². The summed E-state index contributed by atoms with van der Waals surface area (Å²) >= 11 is 0. The molecule has 0 spiro atoms. The molecular weight excluding hydrogens is 258 g/mol. The third-order valence-corrected chi connectivity index (χ3v) is 4.06. The summed E-state index contributed by atoms with van der Waals surface area (Å²) in [7, 11) is 0. The Morgan fingerprint density at radius 3 is 2.38 bits per heavy atom. The molecule has 2 aromatic rings. The first-order chi connectivity index (χ1) is 9.93. The van der Waals surface area contributed by atoms with Crippen molar-refractivity contribution in [3.05, 3.63) is 59.2 Å². The third-order valence-electron chi connectivity index (χ3n) is 4.06. The van der Waals surface area contributed by atoms with Crippen LogP contribution in [0, 0.1) is 6.92 Å². The van der Waals surface area contributed by atoms with Crippen molar-refractivity contribution in [2.24, 2.45) is 0 Å². The molecule has 0 bridgehead atoms. The summed E-state index contributed by atoms with van der Waals surface area (Å²) in [6.07, 6.45) is 0. The van der Waals surface area contributed by atoms with E-state index in [-0.39, 0.29) is 5.41 Å². The number of ether oxygens (including phenoxy) is 1. The van der Waals surface area contributed by atoms with Gasteiger partial charge in [0.05, 0.1) is 0 Å². The van der Waals surface area contributed by atoms with E-state index >= 15 is 0 Å². The van der Waals surface area contributed by atoms with Crippen LogP contribution >= 0.6 is 0 Å². The van der Waals surface area contributed by atoms with Crippen molar-refractivity contribution in [1.29, 1.82) is 0 Å². The molecule has 2 heteroatoms. The largest absolute Gasteiger partial charge is 0.473 e. The second kappa shape index (κ2) is 5.10. The van der Waals surface area contributed by atoms with E-state index in [1.54, 1.807) is 0 Å². The molecule has 0 fully saturated rings. The maximum Gasteiger partial charge on any atom is 0.161 e. The smallest absolute Gasteiger partial charge is 0.161 e. The van der Waals surface area contributed by atoms with Crippen LogP contribution in [-0.2, 0) is 12.0 Å². The second-order valence-corrected chi connectivity index (χ2v) is 6.88. The van der Waals surface area contributed by atoms with Crippen molar-refractivity contribution in [2.45, 2.75) is 39.7 Å². The molecule has 1 heterocycles. The standard InChI is InChI=1S/C19H23NO/c1-14-5-8-17(9-6-14)20-12-15-11-16(19(2,3)4)7-10-18(15)21-13-20/h5-11H,12-13H2,1-4H3. The van der Waals surface area contributed by atoms with E-state index < -0.39 is 0 Å². The fraction of sp³-hybridized carbons (Fsp3) is 0.368. The van der Waals surface area contributed by atoms with Gasteiger partial charge in [-0.25, -0.2) is 0 Å². The maximum atomic E-state index is 5.91. The lowest BCUT2D eigenvalue weighted by Gasteiger charge is -2.32. The van der Waals surface area contributed by atoms with E-state index in [1.807, 2.05) is 0 Å². The van der Waals surface area contributed by atoms with Gasteiger partial charge in [-0.1, -0.05) is 44.5 Å². The van der Waals surface area contributed by atoms with Gasteiger partial charge in [0.2, 0.25) is 0 Å². The third kappa shape index (κ3) is 2.90. The zero-order chi connectivity index (χ0) is 15.0. The van der Waals surface area contributed by atoms with Crippen LogP contribution in [0.25, 0.3) is 0 Å². The molecule has 0 saturated carbocycles. The van der Waals surface area contributed by atoms with Crippen molar-refractivity contribution >= 4 is 5.69 Å². The Morgan fingerprint density at radius 2 is 1.71 bits per heavy atom. The van der Waals surface area contributed by atoms with Crippen molar-refractivity contribution in [1.82, 2.24) is 0 Å². The van der Waals surface area contributed by atoms with Crippen LogP contribution in [0.3, 0.4) is 0 Å². The molecule has 0 unspecified atom stereocenters. The number of anilines is 1. The zero-order valence-corrected chi connectivity index (χ0v) is 13.3. The minimum atomic E-state index is 0.168. The van der Waals surface area contributed by atoms with Crippen LogP contribution in [-0.4, -0.2) is 6.73 Å². The van der Waals surface area contributed by atoms with Crippen molar-refractivity contribution in [3.8, 4) is 5.75 Å². The SMILES string of the molecule is Cc1ccc(N2COc3ccc(C(C)(C)C)cc3C2)cc1. The summed E-state index contributed by atoms with van der Waals surface area (Å²) in [6.45, 7) is 10.4. The van der Waals surface area contributed by atoms with E-state index in [0.29, 0.717) is 6.73 Å². The van der Waals surface area contributed by atoms with E-state index in [0.717, 1.165) is 12.3 Å². The first-order valence-corrected chi connectivity index (χ1v) is 7.51. The van der Waals surface area contributed by atoms with Crippen molar-refractivity contribution < 1.29 is 4.74 Å². The first-order valence-electron chi connectivity index (χ1n) is 7.51. The lowest BCUT2D eigenvalue weighted by molar-refractivity contribution is 0.289. The van der Waals surface area contributed by atoms with Crippen molar-refractivity contribution in [3.63, 3.8) is 0 Å². The molecule has 2 nitrogen and oxygen atoms in total. The molecule has 2 aromatic carbocycles. The molecule has 0 aromatic heterocycles. The van der Waals surface area contributed by atoms with Gasteiger partial charge in [0, 0.05) is 17.8 Å². The Morgan fingerprint density at radius 1 is 1.00 bits per heavy atom. The Balaban J connectivity index is 1.88. The van der Waals surface area contributed by atoms with Gasteiger partial charge in [0.25, 0.3) is 0 Å². The summed E-state index contributed by atoms with van der Waals surface area (Å²) in [5, 5.41) is 0. The Kier molecular flexibility index (Phi) is 3.40. The molecule has 0 saturated heterocycles. The number of nitrogens with zero attached hydrogens (tertiary/aromatic N) is 1. The highest BCUT2D eigenvalue weighted by atomic mass is 16.5. The Labute approximate surface area is 127 Å². The monoisotopic (exact) mass is 281 g/mol. The number of benzene rings is 2. The highest BCUT2D eigenvalue weighted by molar-refractivity contribution is 5.51. The van der Waals surface area contributed by atoms with Crippen LogP contribution in [0.4, 0.5) is 5.69 Å². The Bertz CT molecular complexity index is 638. The van der Waals surface area contributed by atoms with Crippen LogP contribution in [0.15, 0.2) is 42.5 Å². The van der Waals surface area contributed by atoms with Gasteiger partial charge in [0.1, 0.15) is 5.75 Å². The highest BCUT2D eigenvalue weighted by Crippen LogP contribution is 2.32. The number of aryl methyl sites for hydroxylation is 1. The molecule has 0 atom stereocenters. The summed E-state index contributed by atoms with van der Waals surface area (Å²) in [4.78, 5) is 2.27. The van der Waals surface area contributed by atoms with E-state index in [2.05, 4.69) is 75.1 Å². The molecule has 110 valence electrons.